The van der Waals surface area contributed by atoms with Crippen LogP contribution in [-0.4, -0.2) is 29.6 Å². The minimum atomic E-state index is 0.306. The van der Waals surface area contributed by atoms with Gasteiger partial charge in [-0.1, -0.05) is 32.6 Å². The normalized spacial score (nSPS) is 21.4. The molecule has 1 saturated carbocycles. The minimum Gasteiger partial charge on any atom is -0.329 e. The van der Waals surface area contributed by atoms with Crippen LogP contribution in [0.1, 0.15) is 65.7 Å². The molecule has 16 heavy (non-hydrogen) atoms. The highest BCUT2D eigenvalue weighted by molar-refractivity contribution is 4.94. The Hall–Kier alpha value is -0.0800. The van der Waals surface area contributed by atoms with Gasteiger partial charge >= 0.3 is 0 Å². The van der Waals surface area contributed by atoms with Crippen molar-refractivity contribution in [2.75, 3.05) is 13.1 Å². The number of hydrogen-bond acceptors (Lipinski definition) is 2. The van der Waals surface area contributed by atoms with Crippen LogP contribution in [0, 0.1) is 0 Å². The predicted molar refractivity (Wildman–Crippen MR) is 71.6 cm³/mol. The Morgan fingerprint density at radius 1 is 1.12 bits per heavy atom. The van der Waals surface area contributed by atoms with Crippen molar-refractivity contribution in [2.45, 2.75) is 77.3 Å². The summed E-state index contributed by atoms with van der Waals surface area (Å²) in [6.07, 6.45) is 9.39. The average molecular weight is 226 g/mol. The molecule has 1 fully saturated rings. The molecule has 0 aromatic heterocycles. The molecule has 0 unspecified atom stereocenters. The van der Waals surface area contributed by atoms with Gasteiger partial charge in [-0.3, -0.25) is 4.90 Å². The van der Waals surface area contributed by atoms with Gasteiger partial charge in [0.1, 0.15) is 0 Å². The highest BCUT2D eigenvalue weighted by Gasteiger charge is 2.36. The molecule has 1 aliphatic rings. The molecule has 0 aromatic carbocycles. The van der Waals surface area contributed by atoms with Gasteiger partial charge in [-0.15, -0.1) is 0 Å². The molecule has 0 amide bonds. The lowest BCUT2D eigenvalue weighted by atomic mass is 9.86. The summed E-state index contributed by atoms with van der Waals surface area (Å²) in [5.74, 6) is 0. The Balaban J connectivity index is 2.79. The molecule has 0 radical (unpaired) electrons. The molecular weight excluding hydrogens is 196 g/mol. The summed E-state index contributed by atoms with van der Waals surface area (Å²) >= 11 is 0. The van der Waals surface area contributed by atoms with Gasteiger partial charge < -0.3 is 5.73 Å². The second-order valence-corrected chi connectivity index (χ2v) is 5.63. The molecule has 2 nitrogen and oxygen atoms in total. The molecule has 2 heteroatoms. The van der Waals surface area contributed by atoms with Gasteiger partial charge in [0.2, 0.25) is 0 Å². The third-order valence-electron chi connectivity index (χ3n) is 4.11. The summed E-state index contributed by atoms with van der Waals surface area (Å²) in [7, 11) is 0. The summed E-state index contributed by atoms with van der Waals surface area (Å²) in [6.45, 7) is 8.95. The van der Waals surface area contributed by atoms with Crippen LogP contribution < -0.4 is 5.73 Å². The van der Waals surface area contributed by atoms with E-state index in [2.05, 4.69) is 25.7 Å². The predicted octanol–water partition coefficient (Wildman–Crippen LogP) is 3.16. The lowest BCUT2D eigenvalue weighted by molar-refractivity contribution is 0.0478. The summed E-state index contributed by atoms with van der Waals surface area (Å²) in [5, 5.41) is 0. The van der Waals surface area contributed by atoms with Crippen LogP contribution in [0.15, 0.2) is 0 Å². The van der Waals surface area contributed by atoms with Crippen LogP contribution in [0.2, 0.25) is 0 Å². The highest BCUT2D eigenvalue weighted by Crippen LogP contribution is 2.33. The molecule has 0 bridgehead atoms. The maximum atomic E-state index is 6.13. The van der Waals surface area contributed by atoms with E-state index in [0.717, 1.165) is 6.54 Å². The molecule has 0 heterocycles. The maximum Gasteiger partial charge on any atom is 0.0334 e. The van der Waals surface area contributed by atoms with Gasteiger partial charge in [-0.25, -0.2) is 0 Å². The highest BCUT2D eigenvalue weighted by atomic mass is 15.2. The number of nitrogens with zero attached hydrogens (tertiary/aromatic N) is 1. The smallest absolute Gasteiger partial charge is 0.0334 e. The van der Waals surface area contributed by atoms with E-state index in [4.69, 9.17) is 5.73 Å². The van der Waals surface area contributed by atoms with Crippen molar-refractivity contribution in [3.63, 3.8) is 0 Å². The van der Waals surface area contributed by atoms with E-state index >= 15 is 0 Å². The molecule has 0 aliphatic heterocycles. The largest absolute Gasteiger partial charge is 0.329 e. The average Bonchev–Trinajstić information content (AvgIpc) is 2.51. The van der Waals surface area contributed by atoms with E-state index in [-0.39, 0.29) is 0 Å². The number of hydrogen-bond donors (Lipinski definition) is 1. The first-order chi connectivity index (χ1) is 7.66. The van der Waals surface area contributed by atoms with Crippen molar-refractivity contribution in [3.05, 3.63) is 0 Å². The lowest BCUT2D eigenvalue weighted by Crippen LogP contribution is -2.56. The number of nitrogens with two attached hydrogens (primary N) is 1. The Bertz CT molecular complexity index is 181. The third-order valence-corrected chi connectivity index (χ3v) is 4.11. The van der Waals surface area contributed by atoms with E-state index in [1.54, 1.807) is 0 Å². The lowest BCUT2D eigenvalue weighted by Gasteiger charge is -2.46. The Labute approximate surface area is 102 Å². The fourth-order valence-electron chi connectivity index (χ4n) is 3.28. The second kappa shape index (κ2) is 6.61. The molecule has 0 atom stereocenters. The van der Waals surface area contributed by atoms with Crippen LogP contribution in [0.25, 0.3) is 0 Å². The van der Waals surface area contributed by atoms with E-state index in [9.17, 15) is 0 Å². The third kappa shape index (κ3) is 3.21. The molecule has 0 saturated heterocycles. The monoisotopic (exact) mass is 226 g/mol. The minimum absolute atomic E-state index is 0.306. The quantitative estimate of drug-likeness (QED) is 0.730. The number of rotatable bonds is 5. The van der Waals surface area contributed by atoms with Crippen molar-refractivity contribution in [3.8, 4) is 0 Å². The molecular formula is C14H30N2. The summed E-state index contributed by atoms with van der Waals surface area (Å²) in [5.41, 5.74) is 6.44. The van der Waals surface area contributed by atoms with E-state index < -0.39 is 0 Å². The standard InChI is InChI=1S/C14H30N2/c1-4-11-16(13(2)3)14(12-15)9-7-5-6-8-10-14/h13H,4-12,15H2,1-3H3. The first-order valence-corrected chi connectivity index (χ1v) is 7.13. The summed E-state index contributed by atoms with van der Waals surface area (Å²) in [4.78, 5) is 2.68. The van der Waals surface area contributed by atoms with Crippen LogP contribution in [0.4, 0.5) is 0 Å². The van der Waals surface area contributed by atoms with Gasteiger partial charge in [0.05, 0.1) is 0 Å². The molecule has 96 valence electrons. The SMILES string of the molecule is CCCN(C(C)C)C1(CN)CCCCCC1. The van der Waals surface area contributed by atoms with Gasteiger partial charge in [-0.2, -0.15) is 0 Å². The fourth-order valence-corrected chi connectivity index (χ4v) is 3.28. The topological polar surface area (TPSA) is 29.3 Å². The second-order valence-electron chi connectivity index (χ2n) is 5.63. The van der Waals surface area contributed by atoms with Crippen molar-refractivity contribution in [1.29, 1.82) is 0 Å². The Kier molecular flexibility index (Phi) is 5.77. The molecule has 0 spiro atoms. The van der Waals surface area contributed by atoms with E-state index in [0.29, 0.717) is 11.6 Å². The van der Waals surface area contributed by atoms with Gasteiger partial charge in [0.15, 0.2) is 0 Å². The fraction of sp³-hybridized carbons (Fsp3) is 1.00. The van der Waals surface area contributed by atoms with Crippen molar-refractivity contribution in [2.24, 2.45) is 5.73 Å². The van der Waals surface area contributed by atoms with Crippen LogP contribution >= 0.6 is 0 Å². The van der Waals surface area contributed by atoms with Crippen molar-refractivity contribution in [1.82, 2.24) is 4.90 Å². The summed E-state index contributed by atoms with van der Waals surface area (Å²) < 4.78 is 0. The first-order valence-electron chi connectivity index (χ1n) is 7.13. The molecule has 1 rings (SSSR count). The van der Waals surface area contributed by atoms with E-state index in [1.165, 1.54) is 51.5 Å². The van der Waals surface area contributed by atoms with E-state index in [1.807, 2.05) is 0 Å². The zero-order valence-electron chi connectivity index (χ0n) is 11.5. The van der Waals surface area contributed by atoms with Crippen molar-refractivity contribution >= 4 is 0 Å². The van der Waals surface area contributed by atoms with Crippen LogP contribution in [-0.2, 0) is 0 Å². The Morgan fingerprint density at radius 2 is 1.69 bits per heavy atom. The van der Waals surface area contributed by atoms with Crippen molar-refractivity contribution < 1.29 is 0 Å². The van der Waals surface area contributed by atoms with Crippen LogP contribution in [0.3, 0.4) is 0 Å². The zero-order valence-corrected chi connectivity index (χ0v) is 11.5. The van der Waals surface area contributed by atoms with Crippen LogP contribution in [0.5, 0.6) is 0 Å². The van der Waals surface area contributed by atoms with Gasteiger partial charge in [-0.05, 0) is 39.7 Å². The summed E-state index contributed by atoms with van der Waals surface area (Å²) in [6, 6.07) is 0.626. The zero-order chi connectivity index (χ0) is 12.0. The molecule has 0 aromatic rings. The molecule has 1 aliphatic carbocycles. The maximum absolute atomic E-state index is 6.13. The Morgan fingerprint density at radius 3 is 2.06 bits per heavy atom. The first kappa shape index (κ1) is 14.0. The molecule has 2 N–H and O–H groups in total. The van der Waals surface area contributed by atoms with Gasteiger partial charge in [0.25, 0.3) is 0 Å². The van der Waals surface area contributed by atoms with Gasteiger partial charge in [0, 0.05) is 18.1 Å².